The highest BCUT2D eigenvalue weighted by molar-refractivity contribution is 9.10. The first-order valence-corrected chi connectivity index (χ1v) is 6.95. The summed E-state index contributed by atoms with van der Waals surface area (Å²) in [5, 5.41) is 3.43. The van der Waals surface area contributed by atoms with E-state index in [-0.39, 0.29) is 0 Å². The Bertz CT molecular complexity index is 701. The monoisotopic (exact) mass is 315 g/mol. The Morgan fingerprint density at radius 1 is 1.16 bits per heavy atom. The number of benzene rings is 1. The lowest BCUT2D eigenvalue weighted by Gasteiger charge is -2.07. The molecule has 0 spiro atoms. The number of nitrogens with one attached hydrogen (secondary N) is 1. The molecule has 3 rings (SSSR count). The Labute approximate surface area is 120 Å². The molecule has 0 bridgehead atoms. The summed E-state index contributed by atoms with van der Waals surface area (Å²) in [7, 11) is 0. The van der Waals surface area contributed by atoms with Crippen LogP contribution in [0.25, 0.3) is 5.65 Å². The van der Waals surface area contributed by atoms with Crippen LogP contribution in [0, 0.1) is 6.92 Å². The van der Waals surface area contributed by atoms with E-state index < -0.39 is 0 Å². The van der Waals surface area contributed by atoms with Crippen LogP contribution in [-0.4, -0.2) is 9.38 Å². The van der Waals surface area contributed by atoms with Crippen molar-refractivity contribution in [2.75, 3.05) is 5.32 Å². The topological polar surface area (TPSA) is 29.3 Å². The fourth-order valence-electron chi connectivity index (χ4n) is 2.13. The van der Waals surface area contributed by atoms with Gasteiger partial charge in [0.15, 0.2) is 0 Å². The number of halogens is 1. The summed E-state index contributed by atoms with van der Waals surface area (Å²) >= 11 is 3.44. The minimum atomic E-state index is 0.763. The summed E-state index contributed by atoms with van der Waals surface area (Å²) < 4.78 is 3.21. The van der Waals surface area contributed by atoms with Gasteiger partial charge in [-0.05, 0) is 43.3 Å². The number of nitrogens with zero attached hydrogens (tertiary/aromatic N) is 2. The van der Waals surface area contributed by atoms with Crippen molar-refractivity contribution in [3.63, 3.8) is 0 Å². The van der Waals surface area contributed by atoms with Crippen molar-refractivity contribution in [2.45, 2.75) is 13.5 Å². The number of pyridine rings is 1. The summed E-state index contributed by atoms with van der Waals surface area (Å²) in [5.41, 5.74) is 4.36. The third-order valence-corrected chi connectivity index (χ3v) is 3.66. The van der Waals surface area contributed by atoms with Crippen LogP contribution in [-0.2, 0) is 6.54 Å². The van der Waals surface area contributed by atoms with E-state index in [0.29, 0.717) is 0 Å². The highest BCUT2D eigenvalue weighted by atomic mass is 79.9. The maximum atomic E-state index is 4.55. The average molecular weight is 316 g/mol. The van der Waals surface area contributed by atoms with Gasteiger partial charge in [0.05, 0.1) is 17.9 Å². The molecule has 1 N–H and O–H groups in total. The predicted octanol–water partition coefficient (Wildman–Crippen LogP) is 4.02. The molecule has 2 aromatic heterocycles. The smallest absolute Gasteiger partial charge is 0.137 e. The number of rotatable bonds is 3. The lowest BCUT2D eigenvalue weighted by Crippen LogP contribution is -2.03. The van der Waals surface area contributed by atoms with Crippen LogP contribution in [0.3, 0.4) is 0 Å². The lowest BCUT2D eigenvalue weighted by atomic mass is 10.3. The van der Waals surface area contributed by atoms with Gasteiger partial charge in [0.2, 0.25) is 0 Å². The van der Waals surface area contributed by atoms with E-state index >= 15 is 0 Å². The highest BCUT2D eigenvalue weighted by Gasteiger charge is 2.07. The van der Waals surface area contributed by atoms with Crippen molar-refractivity contribution in [1.29, 1.82) is 0 Å². The number of aromatic nitrogens is 2. The van der Waals surface area contributed by atoms with Crippen molar-refractivity contribution in [3.05, 3.63) is 64.5 Å². The number of hydrogen-bond donors (Lipinski definition) is 1. The maximum Gasteiger partial charge on any atom is 0.137 e. The second-order valence-corrected chi connectivity index (χ2v) is 5.35. The van der Waals surface area contributed by atoms with Gasteiger partial charge < -0.3 is 9.72 Å². The van der Waals surface area contributed by atoms with Crippen molar-refractivity contribution < 1.29 is 0 Å². The summed E-state index contributed by atoms with van der Waals surface area (Å²) in [6.07, 6.45) is 2.05. The standard InChI is InChI=1S/C15H14BrN3/c1-11-14(19-9-3-2-4-15(19)18-11)10-17-13-7-5-12(16)6-8-13/h2-9,17H,10H2,1H3. The molecule has 2 heterocycles. The van der Waals surface area contributed by atoms with E-state index in [1.807, 2.05) is 43.5 Å². The number of imidazole rings is 1. The van der Waals surface area contributed by atoms with Crippen LogP contribution in [0.2, 0.25) is 0 Å². The Balaban J connectivity index is 1.85. The number of hydrogen-bond acceptors (Lipinski definition) is 2. The normalized spacial score (nSPS) is 10.8. The maximum absolute atomic E-state index is 4.55. The van der Waals surface area contributed by atoms with Crippen LogP contribution < -0.4 is 5.32 Å². The van der Waals surface area contributed by atoms with E-state index in [1.165, 1.54) is 5.69 Å². The minimum Gasteiger partial charge on any atom is -0.379 e. The summed E-state index contributed by atoms with van der Waals surface area (Å²) in [4.78, 5) is 4.55. The average Bonchev–Trinajstić information content (AvgIpc) is 2.74. The van der Waals surface area contributed by atoms with Crippen molar-refractivity contribution in [2.24, 2.45) is 0 Å². The first kappa shape index (κ1) is 12.2. The van der Waals surface area contributed by atoms with Gasteiger partial charge in [0.25, 0.3) is 0 Å². The van der Waals surface area contributed by atoms with Crippen LogP contribution in [0.1, 0.15) is 11.4 Å². The predicted molar refractivity (Wildman–Crippen MR) is 81.4 cm³/mol. The first-order valence-electron chi connectivity index (χ1n) is 6.16. The molecule has 0 atom stereocenters. The molecular weight excluding hydrogens is 302 g/mol. The van der Waals surface area contributed by atoms with Crippen LogP contribution in [0.4, 0.5) is 5.69 Å². The Morgan fingerprint density at radius 2 is 1.95 bits per heavy atom. The van der Waals surface area contributed by atoms with Gasteiger partial charge >= 0.3 is 0 Å². The molecule has 0 aliphatic rings. The van der Waals surface area contributed by atoms with E-state index in [0.717, 1.165) is 28.0 Å². The highest BCUT2D eigenvalue weighted by Crippen LogP contribution is 2.17. The van der Waals surface area contributed by atoms with Crippen LogP contribution >= 0.6 is 15.9 Å². The van der Waals surface area contributed by atoms with Crippen molar-refractivity contribution >= 4 is 27.3 Å². The number of aryl methyl sites for hydroxylation is 1. The zero-order valence-corrected chi connectivity index (χ0v) is 12.2. The fraction of sp³-hybridized carbons (Fsp3) is 0.133. The first-order chi connectivity index (χ1) is 9.24. The van der Waals surface area contributed by atoms with E-state index in [4.69, 9.17) is 0 Å². The van der Waals surface area contributed by atoms with E-state index in [1.54, 1.807) is 0 Å². The molecule has 19 heavy (non-hydrogen) atoms. The lowest BCUT2D eigenvalue weighted by molar-refractivity contribution is 0.987. The Morgan fingerprint density at radius 3 is 2.74 bits per heavy atom. The molecule has 96 valence electrons. The van der Waals surface area contributed by atoms with Gasteiger partial charge in [0.1, 0.15) is 5.65 Å². The zero-order valence-electron chi connectivity index (χ0n) is 10.6. The van der Waals surface area contributed by atoms with Crippen molar-refractivity contribution in [3.8, 4) is 0 Å². The molecule has 0 amide bonds. The molecule has 1 aromatic carbocycles. The quantitative estimate of drug-likeness (QED) is 0.791. The van der Waals surface area contributed by atoms with Gasteiger partial charge in [-0.1, -0.05) is 22.0 Å². The molecule has 3 nitrogen and oxygen atoms in total. The number of fused-ring (bicyclic) bond motifs is 1. The van der Waals surface area contributed by atoms with Gasteiger partial charge in [-0.25, -0.2) is 4.98 Å². The van der Waals surface area contributed by atoms with Crippen LogP contribution in [0.15, 0.2) is 53.1 Å². The van der Waals surface area contributed by atoms with E-state index in [9.17, 15) is 0 Å². The molecule has 3 aromatic rings. The van der Waals surface area contributed by atoms with Gasteiger partial charge in [-0.15, -0.1) is 0 Å². The molecule has 4 heteroatoms. The second kappa shape index (κ2) is 5.05. The SMILES string of the molecule is Cc1nc2ccccn2c1CNc1ccc(Br)cc1. The summed E-state index contributed by atoms with van der Waals surface area (Å²) in [6.45, 7) is 2.81. The largest absolute Gasteiger partial charge is 0.379 e. The third kappa shape index (κ3) is 2.49. The molecule has 0 fully saturated rings. The number of anilines is 1. The van der Waals surface area contributed by atoms with Crippen LogP contribution in [0.5, 0.6) is 0 Å². The summed E-state index contributed by atoms with van der Waals surface area (Å²) in [5.74, 6) is 0. The Hall–Kier alpha value is -1.81. The molecular formula is C15H14BrN3. The zero-order chi connectivity index (χ0) is 13.2. The van der Waals surface area contributed by atoms with Gasteiger partial charge in [0, 0.05) is 16.4 Å². The Kier molecular flexibility index (Phi) is 3.25. The third-order valence-electron chi connectivity index (χ3n) is 3.13. The molecule has 0 aliphatic carbocycles. The van der Waals surface area contributed by atoms with Gasteiger partial charge in [-0.3, -0.25) is 0 Å². The van der Waals surface area contributed by atoms with Gasteiger partial charge in [-0.2, -0.15) is 0 Å². The molecule has 0 unspecified atom stereocenters. The molecule has 0 saturated heterocycles. The summed E-state index contributed by atoms with van der Waals surface area (Å²) in [6, 6.07) is 14.2. The van der Waals surface area contributed by atoms with Crippen molar-refractivity contribution in [1.82, 2.24) is 9.38 Å². The molecule has 0 aliphatic heterocycles. The molecule has 0 saturated carbocycles. The second-order valence-electron chi connectivity index (χ2n) is 4.43. The fourth-order valence-corrected chi connectivity index (χ4v) is 2.40. The minimum absolute atomic E-state index is 0.763. The van der Waals surface area contributed by atoms with E-state index in [2.05, 4.69) is 42.8 Å². The molecule has 0 radical (unpaired) electrons.